The van der Waals surface area contributed by atoms with Gasteiger partial charge in [-0.2, -0.15) is 9.97 Å². The summed E-state index contributed by atoms with van der Waals surface area (Å²) in [6.45, 7) is 2.67. The molecule has 0 radical (unpaired) electrons. The Kier molecular flexibility index (Phi) is 7.96. The summed E-state index contributed by atoms with van der Waals surface area (Å²) in [6, 6.07) is 8.82. The molecule has 178 valence electrons. The maximum Gasteiger partial charge on any atom is 0.234 e. The van der Waals surface area contributed by atoms with Crippen LogP contribution in [0.15, 0.2) is 30.3 Å². The highest BCUT2D eigenvalue weighted by Crippen LogP contribution is 2.39. The predicted molar refractivity (Wildman–Crippen MR) is 135 cm³/mol. The Labute approximate surface area is 201 Å². The maximum atomic E-state index is 13.5. The highest BCUT2D eigenvalue weighted by molar-refractivity contribution is 7.80. The van der Waals surface area contributed by atoms with E-state index in [1.807, 2.05) is 18.2 Å². The van der Waals surface area contributed by atoms with Gasteiger partial charge in [0.15, 0.2) is 5.11 Å². The Hall–Kier alpha value is -2.48. The van der Waals surface area contributed by atoms with Crippen LogP contribution in [0.3, 0.4) is 0 Å². The lowest BCUT2D eigenvalue weighted by Crippen LogP contribution is -2.43. The van der Waals surface area contributed by atoms with Crippen LogP contribution in [-0.2, 0) is 5.41 Å². The van der Waals surface area contributed by atoms with E-state index in [2.05, 4.69) is 20.5 Å². The lowest BCUT2D eigenvalue weighted by atomic mass is 9.69. The summed E-state index contributed by atoms with van der Waals surface area (Å²) in [7, 11) is 1.62. The van der Waals surface area contributed by atoms with Crippen molar-refractivity contribution in [3.05, 3.63) is 41.7 Å². The number of methoxy groups -OCH3 is 1. The molecule has 1 aromatic carbocycles. The molecule has 1 aliphatic heterocycles. The smallest absolute Gasteiger partial charge is 0.234 e. The predicted octanol–water partition coefficient (Wildman–Crippen LogP) is 5.19. The number of ether oxygens (including phenoxy) is 1. The van der Waals surface area contributed by atoms with Crippen molar-refractivity contribution < 1.29 is 9.13 Å². The molecule has 33 heavy (non-hydrogen) atoms. The summed E-state index contributed by atoms with van der Waals surface area (Å²) in [5, 5.41) is 7.04. The summed E-state index contributed by atoms with van der Waals surface area (Å²) in [6.07, 6.45) is 10.5. The molecule has 0 amide bonds. The van der Waals surface area contributed by atoms with E-state index >= 15 is 0 Å². The Bertz CT molecular complexity index is 925. The van der Waals surface area contributed by atoms with Crippen LogP contribution < -0.4 is 20.3 Å². The standard InChI is InChI=1S/C25H34FN5OS/c1-32-22-17-21(31-15-7-2-3-8-16-31)28-23(29-22)30-24(33)27-18-25(13-5-4-6-14-25)19-9-11-20(26)12-10-19/h9-12,17H,2-8,13-16,18H2,1H3,(H2,27,28,29,30,33). The zero-order chi connectivity index (χ0) is 23.1. The molecule has 2 heterocycles. The second-order valence-electron chi connectivity index (χ2n) is 9.15. The van der Waals surface area contributed by atoms with Gasteiger partial charge in [-0.25, -0.2) is 4.39 Å². The first kappa shape index (κ1) is 23.7. The third-order valence-corrected chi connectivity index (χ3v) is 7.15. The van der Waals surface area contributed by atoms with Crippen molar-refractivity contribution in [2.24, 2.45) is 0 Å². The molecule has 2 aromatic rings. The third-order valence-electron chi connectivity index (χ3n) is 6.91. The van der Waals surface area contributed by atoms with E-state index in [0.717, 1.165) is 44.6 Å². The fraction of sp³-hybridized carbons (Fsp3) is 0.560. The van der Waals surface area contributed by atoms with Gasteiger partial charge in [0.2, 0.25) is 11.8 Å². The van der Waals surface area contributed by atoms with E-state index in [0.29, 0.717) is 23.5 Å². The van der Waals surface area contributed by atoms with Gasteiger partial charge >= 0.3 is 0 Å². The van der Waals surface area contributed by atoms with Gasteiger partial charge in [0, 0.05) is 31.1 Å². The number of hydrogen-bond acceptors (Lipinski definition) is 5. The first-order valence-electron chi connectivity index (χ1n) is 12.1. The molecule has 1 saturated carbocycles. The Morgan fingerprint density at radius 1 is 1.03 bits per heavy atom. The Balaban J connectivity index is 1.45. The Morgan fingerprint density at radius 3 is 2.36 bits per heavy atom. The van der Waals surface area contributed by atoms with Crippen LogP contribution in [0.1, 0.15) is 63.4 Å². The number of benzene rings is 1. The topological polar surface area (TPSA) is 62.3 Å². The Morgan fingerprint density at radius 2 is 1.70 bits per heavy atom. The average molecular weight is 472 g/mol. The number of thiocarbonyl (C=S) groups is 1. The highest BCUT2D eigenvalue weighted by Gasteiger charge is 2.34. The number of nitrogens with zero attached hydrogens (tertiary/aromatic N) is 3. The van der Waals surface area contributed by atoms with Gasteiger partial charge in [0.1, 0.15) is 11.6 Å². The first-order chi connectivity index (χ1) is 16.1. The van der Waals surface area contributed by atoms with E-state index in [9.17, 15) is 4.39 Å². The van der Waals surface area contributed by atoms with E-state index in [1.165, 1.54) is 37.7 Å². The number of anilines is 2. The monoisotopic (exact) mass is 471 g/mol. The lowest BCUT2D eigenvalue weighted by Gasteiger charge is -2.38. The van der Waals surface area contributed by atoms with Crippen LogP contribution in [0.5, 0.6) is 5.88 Å². The van der Waals surface area contributed by atoms with Gasteiger partial charge < -0.3 is 20.3 Å². The van der Waals surface area contributed by atoms with Crippen LogP contribution in [0.4, 0.5) is 16.2 Å². The molecule has 1 saturated heterocycles. The fourth-order valence-corrected chi connectivity index (χ4v) is 5.19. The van der Waals surface area contributed by atoms with Crippen molar-refractivity contribution in [3.8, 4) is 5.88 Å². The summed E-state index contributed by atoms with van der Waals surface area (Å²) >= 11 is 5.61. The number of nitrogens with one attached hydrogen (secondary N) is 2. The van der Waals surface area contributed by atoms with Gasteiger partial charge in [0.25, 0.3) is 0 Å². The number of halogens is 1. The van der Waals surface area contributed by atoms with Crippen LogP contribution in [0.2, 0.25) is 0 Å². The van der Waals surface area contributed by atoms with Crippen molar-refractivity contribution in [1.29, 1.82) is 0 Å². The normalized spacial score (nSPS) is 18.3. The quantitative estimate of drug-likeness (QED) is 0.562. The number of rotatable bonds is 6. The van der Waals surface area contributed by atoms with Crippen molar-refractivity contribution in [3.63, 3.8) is 0 Å². The van der Waals surface area contributed by atoms with Gasteiger partial charge in [-0.15, -0.1) is 0 Å². The minimum atomic E-state index is -0.203. The third kappa shape index (κ3) is 6.10. The first-order valence-corrected chi connectivity index (χ1v) is 12.5. The molecule has 2 aliphatic rings. The van der Waals surface area contributed by atoms with Crippen molar-refractivity contribution in [1.82, 2.24) is 15.3 Å². The molecule has 2 N–H and O–H groups in total. The SMILES string of the molecule is COc1cc(N2CCCCCC2)nc(NC(=S)NCC2(c3ccc(F)cc3)CCCCC2)n1. The van der Waals surface area contributed by atoms with E-state index in [1.54, 1.807) is 19.2 Å². The molecule has 0 spiro atoms. The van der Waals surface area contributed by atoms with Crippen LogP contribution in [-0.4, -0.2) is 41.8 Å². The molecule has 0 bridgehead atoms. The van der Waals surface area contributed by atoms with Gasteiger partial charge in [-0.3, -0.25) is 0 Å². The van der Waals surface area contributed by atoms with Crippen LogP contribution >= 0.6 is 12.2 Å². The molecular weight excluding hydrogens is 437 g/mol. The summed E-state index contributed by atoms with van der Waals surface area (Å²) in [5.41, 5.74) is 1.12. The minimum Gasteiger partial charge on any atom is -0.481 e. The molecule has 4 rings (SSSR count). The molecule has 1 aliphatic carbocycles. The fourth-order valence-electron chi connectivity index (χ4n) is 5.03. The molecule has 0 atom stereocenters. The van der Waals surface area contributed by atoms with E-state index in [4.69, 9.17) is 21.9 Å². The zero-order valence-electron chi connectivity index (χ0n) is 19.4. The molecule has 1 aromatic heterocycles. The summed E-state index contributed by atoms with van der Waals surface area (Å²) in [5.74, 6) is 1.62. The van der Waals surface area contributed by atoms with Gasteiger partial charge in [0.05, 0.1) is 7.11 Å². The number of hydrogen-bond donors (Lipinski definition) is 2. The second-order valence-corrected chi connectivity index (χ2v) is 9.56. The molecule has 8 heteroatoms. The maximum absolute atomic E-state index is 13.5. The summed E-state index contributed by atoms with van der Waals surface area (Å²) in [4.78, 5) is 11.5. The van der Waals surface area contributed by atoms with Crippen LogP contribution in [0.25, 0.3) is 0 Å². The van der Waals surface area contributed by atoms with Crippen molar-refractivity contribution in [2.45, 2.75) is 63.2 Å². The molecule has 6 nitrogen and oxygen atoms in total. The minimum absolute atomic E-state index is 0.0515. The molecule has 2 fully saturated rings. The lowest BCUT2D eigenvalue weighted by molar-refractivity contribution is 0.292. The van der Waals surface area contributed by atoms with E-state index in [-0.39, 0.29) is 11.2 Å². The van der Waals surface area contributed by atoms with E-state index < -0.39 is 0 Å². The van der Waals surface area contributed by atoms with Crippen molar-refractivity contribution >= 4 is 29.1 Å². The largest absolute Gasteiger partial charge is 0.481 e. The van der Waals surface area contributed by atoms with Crippen molar-refractivity contribution in [2.75, 3.05) is 37.0 Å². The molecular formula is C25H34FN5OS. The van der Waals surface area contributed by atoms with Gasteiger partial charge in [-0.1, -0.05) is 44.2 Å². The van der Waals surface area contributed by atoms with Gasteiger partial charge in [-0.05, 0) is 55.6 Å². The zero-order valence-corrected chi connectivity index (χ0v) is 20.2. The summed E-state index contributed by atoms with van der Waals surface area (Å²) < 4.78 is 18.9. The van der Waals surface area contributed by atoms with Crippen LogP contribution in [0, 0.1) is 5.82 Å². The second kappa shape index (κ2) is 11.1. The number of aromatic nitrogens is 2. The molecule has 0 unspecified atom stereocenters. The average Bonchev–Trinajstić information content (AvgIpc) is 3.13. The highest BCUT2D eigenvalue weighted by atomic mass is 32.1.